The highest BCUT2D eigenvalue weighted by molar-refractivity contribution is 5.91. The molecule has 5 nitrogen and oxygen atoms in total. The van der Waals surface area contributed by atoms with Gasteiger partial charge in [0.2, 0.25) is 0 Å². The van der Waals surface area contributed by atoms with Crippen LogP contribution in [0.15, 0.2) is 55.0 Å². The molecule has 1 aromatic carbocycles. The molecule has 0 aliphatic heterocycles. The first kappa shape index (κ1) is 16.8. The normalized spacial score (nSPS) is 10.5. The number of ether oxygens (including phenoxy) is 2. The van der Waals surface area contributed by atoms with Crippen molar-refractivity contribution in [2.75, 3.05) is 6.61 Å². The van der Waals surface area contributed by atoms with E-state index in [0.29, 0.717) is 23.7 Å². The molecule has 0 saturated carbocycles. The Bertz CT molecular complexity index is 899. The largest absolute Gasteiger partial charge is 0.462 e. The number of nitrogens with zero attached hydrogens (tertiary/aromatic N) is 2. The molecule has 25 heavy (non-hydrogen) atoms. The predicted molar refractivity (Wildman–Crippen MR) is 95.9 cm³/mol. The summed E-state index contributed by atoms with van der Waals surface area (Å²) in [6, 6.07) is 11.0. The maximum Gasteiger partial charge on any atom is 0.338 e. The van der Waals surface area contributed by atoms with Crippen molar-refractivity contribution in [1.82, 2.24) is 9.55 Å². The second-order valence-electron chi connectivity index (χ2n) is 5.69. The molecule has 0 saturated heterocycles. The Morgan fingerprint density at radius 3 is 2.80 bits per heavy atom. The maximum atomic E-state index is 12.0. The second-order valence-corrected chi connectivity index (χ2v) is 5.69. The van der Waals surface area contributed by atoms with Crippen LogP contribution < -0.4 is 4.74 Å². The standard InChI is InChI=1S/C20H20N2O3/c1-4-24-20(23)17-6-5-7-19(14(17)2)25-16-8-10-21-18(12-16)15-9-11-22(3)13-15/h5-13H,4H2,1-3H3. The van der Waals surface area contributed by atoms with Crippen molar-refractivity contribution in [1.29, 1.82) is 0 Å². The van der Waals surface area contributed by atoms with Gasteiger partial charge in [0.25, 0.3) is 0 Å². The molecule has 0 amide bonds. The summed E-state index contributed by atoms with van der Waals surface area (Å²) in [7, 11) is 1.97. The molecule has 5 heteroatoms. The van der Waals surface area contributed by atoms with E-state index in [2.05, 4.69) is 4.98 Å². The Balaban J connectivity index is 1.88. The fraction of sp³-hybridized carbons (Fsp3) is 0.200. The van der Waals surface area contributed by atoms with Crippen LogP contribution >= 0.6 is 0 Å². The summed E-state index contributed by atoms with van der Waals surface area (Å²) >= 11 is 0. The van der Waals surface area contributed by atoms with Gasteiger partial charge in [-0.05, 0) is 38.1 Å². The maximum absolute atomic E-state index is 12.0. The van der Waals surface area contributed by atoms with Gasteiger partial charge in [0.15, 0.2) is 0 Å². The van der Waals surface area contributed by atoms with E-state index in [1.165, 1.54) is 0 Å². The first-order valence-corrected chi connectivity index (χ1v) is 8.11. The van der Waals surface area contributed by atoms with E-state index in [4.69, 9.17) is 9.47 Å². The van der Waals surface area contributed by atoms with Crippen LogP contribution in [0.3, 0.4) is 0 Å². The monoisotopic (exact) mass is 336 g/mol. The number of rotatable bonds is 5. The number of benzene rings is 1. The lowest BCUT2D eigenvalue weighted by Gasteiger charge is -2.12. The van der Waals surface area contributed by atoms with Crippen LogP contribution in [0.5, 0.6) is 11.5 Å². The molecule has 0 spiro atoms. The Labute approximate surface area is 146 Å². The number of esters is 1. The molecular formula is C20H20N2O3. The Morgan fingerprint density at radius 2 is 2.08 bits per heavy atom. The van der Waals surface area contributed by atoms with Crippen molar-refractivity contribution in [3.63, 3.8) is 0 Å². The zero-order chi connectivity index (χ0) is 17.8. The van der Waals surface area contributed by atoms with Gasteiger partial charge >= 0.3 is 5.97 Å². The molecule has 0 radical (unpaired) electrons. The van der Waals surface area contributed by atoms with Crippen molar-refractivity contribution < 1.29 is 14.3 Å². The van der Waals surface area contributed by atoms with Gasteiger partial charge in [-0.2, -0.15) is 0 Å². The molecule has 3 rings (SSSR count). The Kier molecular flexibility index (Phi) is 4.84. The van der Waals surface area contributed by atoms with Gasteiger partial charge in [-0.1, -0.05) is 6.07 Å². The van der Waals surface area contributed by atoms with Crippen molar-refractivity contribution in [3.05, 3.63) is 66.1 Å². The third-order valence-corrected chi connectivity index (χ3v) is 3.87. The van der Waals surface area contributed by atoms with Crippen molar-refractivity contribution in [2.24, 2.45) is 7.05 Å². The smallest absolute Gasteiger partial charge is 0.338 e. The molecule has 0 N–H and O–H groups in total. The van der Waals surface area contributed by atoms with Crippen LogP contribution in [-0.4, -0.2) is 22.1 Å². The van der Waals surface area contributed by atoms with Gasteiger partial charge in [0.1, 0.15) is 11.5 Å². The minimum absolute atomic E-state index is 0.341. The molecule has 0 aliphatic rings. The highest BCUT2D eigenvalue weighted by Gasteiger charge is 2.14. The summed E-state index contributed by atoms with van der Waals surface area (Å²) < 4.78 is 13.0. The van der Waals surface area contributed by atoms with Crippen molar-refractivity contribution in [3.8, 4) is 22.8 Å². The van der Waals surface area contributed by atoms with Gasteiger partial charge in [-0.3, -0.25) is 4.98 Å². The van der Waals surface area contributed by atoms with E-state index in [1.807, 2.05) is 49.1 Å². The average Bonchev–Trinajstić information content (AvgIpc) is 3.04. The Morgan fingerprint density at radius 1 is 1.24 bits per heavy atom. The number of aryl methyl sites for hydroxylation is 1. The summed E-state index contributed by atoms with van der Waals surface area (Å²) in [5, 5.41) is 0. The molecule has 0 aliphatic carbocycles. The molecule has 0 atom stereocenters. The second kappa shape index (κ2) is 7.21. The van der Waals surface area contributed by atoms with E-state index in [1.54, 1.807) is 31.3 Å². The summed E-state index contributed by atoms with van der Waals surface area (Å²) in [6.07, 6.45) is 5.68. The lowest BCUT2D eigenvalue weighted by molar-refractivity contribution is 0.0525. The van der Waals surface area contributed by atoms with Crippen molar-refractivity contribution in [2.45, 2.75) is 13.8 Å². The fourth-order valence-electron chi connectivity index (χ4n) is 2.57. The van der Waals surface area contributed by atoms with Crippen LogP contribution in [0, 0.1) is 6.92 Å². The number of hydrogen-bond donors (Lipinski definition) is 0. The number of carbonyl (C=O) groups excluding carboxylic acids is 1. The molecule has 2 heterocycles. The van der Waals surface area contributed by atoms with E-state index < -0.39 is 0 Å². The van der Waals surface area contributed by atoms with E-state index >= 15 is 0 Å². The molecule has 3 aromatic rings. The fourth-order valence-corrected chi connectivity index (χ4v) is 2.57. The zero-order valence-corrected chi connectivity index (χ0v) is 14.5. The van der Waals surface area contributed by atoms with Crippen LogP contribution in [-0.2, 0) is 11.8 Å². The number of hydrogen-bond acceptors (Lipinski definition) is 4. The summed E-state index contributed by atoms with van der Waals surface area (Å²) in [5.41, 5.74) is 3.11. The molecule has 0 fully saturated rings. The van der Waals surface area contributed by atoms with Crippen LogP contribution in [0.25, 0.3) is 11.3 Å². The molecule has 128 valence electrons. The minimum Gasteiger partial charge on any atom is -0.462 e. The molecular weight excluding hydrogens is 316 g/mol. The van der Waals surface area contributed by atoms with Gasteiger partial charge in [-0.25, -0.2) is 4.79 Å². The van der Waals surface area contributed by atoms with Gasteiger partial charge in [0.05, 0.1) is 17.9 Å². The predicted octanol–water partition coefficient (Wildman–Crippen LogP) is 4.36. The summed E-state index contributed by atoms with van der Waals surface area (Å²) in [5.74, 6) is 0.943. The quantitative estimate of drug-likeness (QED) is 0.650. The van der Waals surface area contributed by atoms with Crippen molar-refractivity contribution >= 4 is 5.97 Å². The molecule has 0 unspecified atom stereocenters. The lowest BCUT2D eigenvalue weighted by atomic mass is 10.1. The van der Waals surface area contributed by atoms with E-state index in [-0.39, 0.29) is 5.97 Å². The number of aromatic nitrogens is 2. The van der Waals surface area contributed by atoms with Crippen LogP contribution in [0.1, 0.15) is 22.8 Å². The van der Waals surface area contributed by atoms with Gasteiger partial charge in [0, 0.05) is 42.8 Å². The highest BCUT2D eigenvalue weighted by Crippen LogP contribution is 2.29. The third-order valence-electron chi connectivity index (χ3n) is 3.87. The SMILES string of the molecule is CCOC(=O)c1cccc(Oc2ccnc(-c3ccn(C)c3)c2)c1C. The van der Waals surface area contributed by atoms with E-state index in [0.717, 1.165) is 16.8 Å². The zero-order valence-electron chi connectivity index (χ0n) is 14.5. The summed E-state index contributed by atoms with van der Waals surface area (Å²) in [4.78, 5) is 16.4. The topological polar surface area (TPSA) is 53.4 Å². The number of pyridine rings is 1. The summed E-state index contributed by atoms with van der Waals surface area (Å²) in [6.45, 7) is 3.98. The van der Waals surface area contributed by atoms with Crippen LogP contribution in [0.2, 0.25) is 0 Å². The van der Waals surface area contributed by atoms with Crippen LogP contribution in [0.4, 0.5) is 0 Å². The first-order valence-electron chi connectivity index (χ1n) is 8.11. The average molecular weight is 336 g/mol. The van der Waals surface area contributed by atoms with Gasteiger partial charge < -0.3 is 14.0 Å². The molecule has 0 bridgehead atoms. The Hall–Kier alpha value is -3.08. The minimum atomic E-state index is -0.342. The van der Waals surface area contributed by atoms with Gasteiger partial charge in [-0.15, -0.1) is 0 Å². The highest BCUT2D eigenvalue weighted by atomic mass is 16.5. The third kappa shape index (κ3) is 3.71. The number of carbonyl (C=O) groups is 1. The lowest BCUT2D eigenvalue weighted by Crippen LogP contribution is -2.07. The van der Waals surface area contributed by atoms with E-state index in [9.17, 15) is 4.79 Å². The first-order chi connectivity index (χ1) is 12.1. The molecule has 2 aromatic heterocycles.